The summed E-state index contributed by atoms with van der Waals surface area (Å²) in [5.41, 5.74) is 6.21. The number of halogens is 9. The normalized spacial score (nSPS) is 12.6. The summed E-state index contributed by atoms with van der Waals surface area (Å²) < 4.78 is 71.1. The van der Waals surface area contributed by atoms with E-state index in [1.807, 2.05) is 41.3 Å². The van der Waals surface area contributed by atoms with E-state index < -0.39 is 29.0 Å². The molecule has 1 aliphatic heterocycles. The summed E-state index contributed by atoms with van der Waals surface area (Å²) in [6.45, 7) is 2.29. The quantitative estimate of drug-likeness (QED) is 0.0215. The summed E-state index contributed by atoms with van der Waals surface area (Å²) >= 11 is 29.3. The summed E-state index contributed by atoms with van der Waals surface area (Å²) in [6, 6.07) is 31.7. The Hall–Kier alpha value is -8.65. The number of ketones is 3. The van der Waals surface area contributed by atoms with Crippen molar-refractivity contribution in [1.29, 1.82) is 0 Å². The number of benzene rings is 6. The standard InChI is InChI=1S/C29H27BrClFN4O3.C27H25BrClFN4O4.C25H26BrClFN3O4/c30-20-7-6-19(24(31)12-20)11-23-22(26(37)16-39-15-18-4-5-18)13-25-29(28(23)32)35-17-36(25)10-8-27(38)34-14-21-3-1-2-9-33-21;28-18-5-4-17(22(29)12-18)11-21-20(24(36)15-38-10-9-35)13-23-27(26(21)30)33-16-34(23)8-6-25(37)32-14-19-3-1-2-7-31-19;26-17-4-3-16(20(27)12-17)11-19-18(22(33)14-35-10-9-32)13-21-25(24(19)28)29-15-31(21)8-5-23(34)30-6-1-2-7-30/h1-3,6-7,9,12-13,17-18H,4-5,8,10-11,14-16H2,(H,34,38);1-5,7,12-13,16,35H,6,8-11,14-15H2,(H,32,37);3-4,12-13,15,32H,1-2,5-11,14H2. The molecule has 13 rings (SSSR count). The summed E-state index contributed by atoms with van der Waals surface area (Å²) in [4.78, 5) is 99.7. The van der Waals surface area contributed by atoms with E-state index in [2.05, 4.69) is 83.3 Å². The number of aromatic nitrogens is 8. The summed E-state index contributed by atoms with van der Waals surface area (Å²) in [6.07, 6.45) is 12.8. The summed E-state index contributed by atoms with van der Waals surface area (Å²) in [5.74, 6) is -2.78. The van der Waals surface area contributed by atoms with Crippen molar-refractivity contribution in [3.8, 4) is 0 Å². The Morgan fingerprint density at radius 1 is 0.482 bits per heavy atom. The molecule has 11 aromatic rings. The van der Waals surface area contributed by atoms with Crippen LogP contribution >= 0.6 is 82.6 Å². The summed E-state index contributed by atoms with van der Waals surface area (Å²) in [5, 5.41) is 24.9. The fourth-order valence-electron chi connectivity index (χ4n) is 12.6. The molecule has 0 bridgehead atoms. The predicted octanol–water partition coefficient (Wildman–Crippen LogP) is 14.8. The van der Waals surface area contributed by atoms with E-state index in [0.29, 0.717) is 80.5 Å². The van der Waals surface area contributed by atoms with Crippen LogP contribution in [-0.2, 0) is 80.6 Å². The van der Waals surface area contributed by atoms with Gasteiger partial charge in [0.25, 0.3) is 0 Å². The highest BCUT2D eigenvalue weighted by Crippen LogP contribution is 2.36. The average molecular weight is 1780 g/mol. The van der Waals surface area contributed by atoms with E-state index in [-0.39, 0.29) is 171 Å². The van der Waals surface area contributed by atoms with Crippen LogP contribution in [-0.4, -0.2) is 155 Å². The number of hydrogen-bond acceptors (Lipinski definition) is 16. The maximum absolute atomic E-state index is 16.0. The zero-order valence-corrected chi connectivity index (χ0v) is 67.6. The van der Waals surface area contributed by atoms with Gasteiger partial charge in [-0.15, -0.1) is 0 Å². The van der Waals surface area contributed by atoms with Gasteiger partial charge in [0, 0.05) is 146 Å². The fraction of sp³-hybridized carbons (Fsp3) is 0.321. The number of nitrogens with one attached hydrogen (secondary N) is 2. The minimum absolute atomic E-state index is 0.000877. The molecular formula is C81H78Br3Cl3F3N11O11. The minimum Gasteiger partial charge on any atom is -0.394 e. The molecule has 0 atom stereocenters. The molecule has 0 spiro atoms. The second kappa shape index (κ2) is 40.9. The van der Waals surface area contributed by atoms with Crippen molar-refractivity contribution < 1.29 is 66.4 Å². The molecule has 2 aliphatic rings. The van der Waals surface area contributed by atoms with Crippen LogP contribution in [0.1, 0.15) is 121 Å². The molecule has 1 saturated carbocycles. The summed E-state index contributed by atoms with van der Waals surface area (Å²) in [7, 11) is 0. The lowest BCUT2D eigenvalue weighted by Gasteiger charge is -2.16. The topological polar surface area (TPSA) is 277 Å². The first-order valence-electron chi connectivity index (χ1n) is 36.1. The lowest BCUT2D eigenvalue weighted by atomic mass is 9.95. The van der Waals surface area contributed by atoms with Gasteiger partial charge in [-0.3, -0.25) is 38.7 Å². The molecule has 6 heterocycles. The van der Waals surface area contributed by atoms with Crippen LogP contribution in [0.3, 0.4) is 0 Å². The van der Waals surface area contributed by atoms with E-state index in [0.717, 1.165) is 63.6 Å². The van der Waals surface area contributed by atoms with Gasteiger partial charge in [-0.1, -0.05) is 113 Å². The van der Waals surface area contributed by atoms with Crippen LogP contribution in [0.15, 0.2) is 154 Å². The van der Waals surface area contributed by atoms with Gasteiger partial charge < -0.3 is 53.7 Å². The third kappa shape index (κ3) is 22.6. The first kappa shape index (κ1) is 84.3. The molecule has 4 N–H and O–H groups in total. The van der Waals surface area contributed by atoms with E-state index in [1.54, 1.807) is 98.9 Å². The number of aryl methyl sites for hydroxylation is 3. The van der Waals surface area contributed by atoms with Crippen molar-refractivity contribution >= 4 is 151 Å². The zero-order chi connectivity index (χ0) is 79.4. The molecule has 112 heavy (non-hydrogen) atoms. The number of amides is 3. The van der Waals surface area contributed by atoms with Gasteiger partial charge in [-0.25, -0.2) is 28.1 Å². The Labute approximate surface area is 683 Å². The molecule has 22 nitrogen and oxygen atoms in total. The lowest BCUT2D eigenvalue weighted by molar-refractivity contribution is -0.130. The van der Waals surface area contributed by atoms with Gasteiger partial charge in [0.05, 0.1) is 93.0 Å². The number of nitrogens with zero attached hydrogens (tertiary/aromatic N) is 9. The average Bonchev–Trinajstić information content (AvgIpc) is 1.58. The highest BCUT2D eigenvalue weighted by atomic mass is 79.9. The highest BCUT2D eigenvalue weighted by Gasteiger charge is 2.29. The molecular weight excluding hydrogens is 1710 g/mol. The van der Waals surface area contributed by atoms with Crippen molar-refractivity contribution in [2.45, 2.75) is 96.9 Å². The van der Waals surface area contributed by atoms with Crippen LogP contribution in [0.2, 0.25) is 15.1 Å². The van der Waals surface area contributed by atoms with E-state index in [1.165, 1.54) is 19.0 Å². The van der Waals surface area contributed by atoms with Crippen LogP contribution in [0, 0.1) is 23.4 Å². The molecule has 1 saturated heterocycles. The molecule has 0 radical (unpaired) electrons. The number of carbonyl (C=O) groups is 6. The number of rotatable bonds is 34. The number of aliphatic hydroxyl groups excluding tert-OH is 2. The first-order chi connectivity index (χ1) is 54.1. The van der Waals surface area contributed by atoms with Crippen LogP contribution in [0.4, 0.5) is 13.2 Å². The Balaban J connectivity index is 0.000000166. The fourth-order valence-corrected chi connectivity index (χ4v) is 14.8. The van der Waals surface area contributed by atoms with Gasteiger partial charge in [-0.2, -0.15) is 0 Å². The number of Topliss-reactive ketones (excluding diaryl/α,β-unsaturated/α-hetero) is 3. The zero-order valence-electron chi connectivity index (χ0n) is 60.5. The van der Waals surface area contributed by atoms with Crippen LogP contribution in [0.5, 0.6) is 0 Å². The maximum Gasteiger partial charge on any atom is 0.224 e. The van der Waals surface area contributed by atoms with E-state index >= 15 is 13.2 Å². The number of fused-ring (bicyclic) bond motifs is 3. The number of ether oxygens (including phenoxy) is 3. The van der Waals surface area contributed by atoms with Gasteiger partial charge in [0.1, 0.15) is 36.4 Å². The Morgan fingerprint density at radius 3 is 1.19 bits per heavy atom. The molecule has 2 fully saturated rings. The SMILES string of the molecule is O=C(CCn1cnc2c(F)c(Cc3ccc(Br)cc3Cl)c(C(=O)COCC3CC3)cc21)NCc1ccccn1.O=C(CCn1cnc2c(F)c(Cc3ccc(Br)cc3Cl)c(C(=O)COCCO)cc21)NCc1ccccn1.O=C(COCCO)c1cc2c(ncn2CCC(=O)N2CCCC2)c(F)c1Cc1ccc(Br)cc1Cl. The third-order valence-electron chi connectivity index (χ3n) is 18.7. The van der Waals surface area contributed by atoms with Crippen molar-refractivity contribution in [2.75, 3.05) is 65.9 Å². The number of imidazole rings is 3. The molecule has 5 aromatic heterocycles. The van der Waals surface area contributed by atoms with Gasteiger partial charge >= 0.3 is 0 Å². The minimum atomic E-state index is -0.634. The van der Waals surface area contributed by atoms with Crippen molar-refractivity contribution in [1.82, 2.24) is 54.2 Å². The number of aliphatic hydroxyl groups is 2. The molecule has 3 amide bonds. The monoisotopic (exact) mass is 1780 g/mol. The second-order valence-corrected chi connectivity index (χ2v) is 30.6. The largest absolute Gasteiger partial charge is 0.394 e. The molecule has 1 aliphatic carbocycles. The van der Waals surface area contributed by atoms with Gasteiger partial charge in [-0.05, 0) is 127 Å². The van der Waals surface area contributed by atoms with Gasteiger partial charge in [0.15, 0.2) is 34.8 Å². The third-order valence-corrected chi connectivity index (χ3v) is 21.2. The van der Waals surface area contributed by atoms with E-state index in [9.17, 15) is 28.8 Å². The lowest BCUT2D eigenvalue weighted by Crippen LogP contribution is -2.28. The smallest absolute Gasteiger partial charge is 0.224 e. The van der Waals surface area contributed by atoms with Crippen LogP contribution < -0.4 is 10.6 Å². The number of likely N-dealkylation sites (tertiary alicyclic amines) is 1. The Morgan fingerprint density at radius 2 is 0.848 bits per heavy atom. The second-order valence-electron chi connectivity index (χ2n) is 26.6. The highest BCUT2D eigenvalue weighted by molar-refractivity contribution is 9.11. The van der Waals surface area contributed by atoms with Crippen molar-refractivity contribution in [3.63, 3.8) is 0 Å². The number of pyridine rings is 2. The van der Waals surface area contributed by atoms with E-state index in [4.69, 9.17) is 59.2 Å². The van der Waals surface area contributed by atoms with Crippen molar-refractivity contribution in [3.05, 3.63) is 248 Å². The Bertz CT molecular complexity index is 5210. The first-order valence-corrected chi connectivity index (χ1v) is 39.6. The maximum atomic E-state index is 16.0. The molecule has 31 heteroatoms. The number of hydrogen-bond donors (Lipinski definition) is 4. The Kier molecular flexibility index (Phi) is 30.8. The van der Waals surface area contributed by atoms with Gasteiger partial charge in [0.2, 0.25) is 17.7 Å². The van der Waals surface area contributed by atoms with Crippen molar-refractivity contribution in [2.24, 2.45) is 5.92 Å². The number of carbonyl (C=O) groups excluding carboxylic acids is 6. The van der Waals surface area contributed by atoms with Crippen LogP contribution in [0.25, 0.3) is 33.1 Å². The molecule has 0 unspecified atom stereocenters. The molecule has 586 valence electrons. The predicted molar refractivity (Wildman–Crippen MR) is 429 cm³/mol. The molecule has 6 aromatic carbocycles.